The molecule has 0 radical (unpaired) electrons. The van der Waals surface area contributed by atoms with E-state index in [2.05, 4.69) is 37.9 Å². The SMILES string of the molecule is CC(CS(C)=O)Nc1ncc(I)cn1. The summed E-state index contributed by atoms with van der Waals surface area (Å²) >= 11 is 2.15. The monoisotopic (exact) mass is 325 g/mol. The van der Waals surface area contributed by atoms with Gasteiger partial charge < -0.3 is 5.32 Å². The van der Waals surface area contributed by atoms with Gasteiger partial charge in [-0.1, -0.05) is 0 Å². The predicted molar refractivity (Wildman–Crippen MR) is 66.8 cm³/mol. The lowest BCUT2D eigenvalue weighted by atomic mass is 10.4. The van der Waals surface area contributed by atoms with Crippen molar-refractivity contribution in [1.82, 2.24) is 9.97 Å². The fourth-order valence-corrected chi connectivity index (χ4v) is 2.07. The molecule has 0 amide bonds. The zero-order valence-corrected chi connectivity index (χ0v) is 11.0. The number of hydrogen-bond donors (Lipinski definition) is 1. The van der Waals surface area contributed by atoms with E-state index in [-0.39, 0.29) is 6.04 Å². The summed E-state index contributed by atoms with van der Waals surface area (Å²) in [5.74, 6) is 1.19. The van der Waals surface area contributed by atoms with E-state index in [0.29, 0.717) is 11.7 Å². The van der Waals surface area contributed by atoms with Crippen LogP contribution in [0, 0.1) is 3.57 Å². The maximum atomic E-state index is 10.9. The van der Waals surface area contributed by atoms with E-state index in [0.717, 1.165) is 3.57 Å². The van der Waals surface area contributed by atoms with Crippen molar-refractivity contribution in [2.24, 2.45) is 0 Å². The zero-order valence-electron chi connectivity index (χ0n) is 8.03. The Morgan fingerprint density at radius 3 is 2.64 bits per heavy atom. The lowest BCUT2D eigenvalue weighted by molar-refractivity contribution is 0.682. The Balaban J connectivity index is 2.51. The highest BCUT2D eigenvalue weighted by atomic mass is 127. The Bertz CT molecular complexity index is 317. The molecule has 1 N–H and O–H groups in total. The Hall–Kier alpha value is -0.240. The summed E-state index contributed by atoms with van der Waals surface area (Å²) in [6, 6.07) is 0.126. The van der Waals surface area contributed by atoms with Gasteiger partial charge in [-0.25, -0.2) is 9.97 Å². The van der Waals surface area contributed by atoms with Crippen LogP contribution in [0.3, 0.4) is 0 Å². The van der Waals surface area contributed by atoms with Gasteiger partial charge in [0, 0.05) is 44.8 Å². The molecule has 1 rings (SSSR count). The quantitative estimate of drug-likeness (QED) is 0.847. The van der Waals surface area contributed by atoms with Crippen LogP contribution >= 0.6 is 22.6 Å². The summed E-state index contributed by atoms with van der Waals surface area (Å²) in [5.41, 5.74) is 0. The molecule has 78 valence electrons. The normalized spacial score (nSPS) is 14.8. The van der Waals surface area contributed by atoms with Gasteiger partial charge in [0.05, 0.1) is 0 Å². The Morgan fingerprint density at radius 2 is 2.14 bits per heavy atom. The van der Waals surface area contributed by atoms with E-state index in [1.54, 1.807) is 18.6 Å². The van der Waals surface area contributed by atoms with Crippen LogP contribution in [0.2, 0.25) is 0 Å². The van der Waals surface area contributed by atoms with Crippen LogP contribution in [0.15, 0.2) is 12.4 Å². The van der Waals surface area contributed by atoms with Crippen molar-refractivity contribution in [2.75, 3.05) is 17.3 Å². The number of anilines is 1. The van der Waals surface area contributed by atoms with Crippen molar-refractivity contribution >= 4 is 39.3 Å². The molecule has 1 heterocycles. The fraction of sp³-hybridized carbons (Fsp3) is 0.500. The Labute approximate surface area is 99.5 Å². The highest BCUT2D eigenvalue weighted by Gasteiger charge is 2.05. The molecular weight excluding hydrogens is 313 g/mol. The van der Waals surface area contributed by atoms with E-state index < -0.39 is 10.8 Å². The van der Waals surface area contributed by atoms with Gasteiger partial charge >= 0.3 is 0 Å². The average Bonchev–Trinajstić information content (AvgIpc) is 2.07. The number of rotatable bonds is 4. The first-order valence-electron chi connectivity index (χ1n) is 4.12. The van der Waals surface area contributed by atoms with Crippen molar-refractivity contribution in [1.29, 1.82) is 0 Å². The van der Waals surface area contributed by atoms with Crippen molar-refractivity contribution in [3.05, 3.63) is 16.0 Å². The van der Waals surface area contributed by atoms with Crippen LogP contribution in [-0.4, -0.2) is 32.2 Å². The largest absolute Gasteiger partial charge is 0.351 e. The summed E-state index contributed by atoms with van der Waals surface area (Å²) in [6.07, 6.45) is 5.17. The highest BCUT2D eigenvalue weighted by Crippen LogP contribution is 2.04. The molecule has 2 atom stereocenters. The molecule has 0 aliphatic heterocycles. The molecule has 1 aromatic heterocycles. The van der Waals surface area contributed by atoms with Gasteiger partial charge in [-0.2, -0.15) is 0 Å². The van der Waals surface area contributed by atoms with E-state index in [9.17, 15) is 4.21 Å². The van der Waals surface area contributed by atoms with Gasteiger partial charge in [0.1, 0.15) is 0 Å². The molecular formula is C8H12IN3OS. The van der Waals surface area contributed by atoms with Crippen LogP contribution in [0.1, 0.15) is 6.92 Å². The van der Waals surface area contributed by atoms with Crippen molar-refractivity contribution in [3.63, 3.8) is 0 Å². The second-order valence-electron chi connectivity index (χ2n) is 3.01. The standard InChI is InChI=1S/C8H12IN3OS/c1-6(5-14(2)13)12-8-10-3-7(9)4-11-8/h3-4,6H,5H2,1-2H3,(H,10,11,12). The fourth-order valence-electron chi connectivity index (χ4n) is 1.00. The Kier molecular flexibility index (Phi) is 4.73. The van der Waals surface area contributed by atoms with Crippen LogP contribution in [0.5, 0.6) is 0 Å². The van der Waals surface area contributed by atoms with Crippen LogP contribution in [0.4, 0.5) is 5.95 Å². The minimum Gasteiger partial charge on any atom is -0.351 e. The first-order valence-corrected chi connectivity index (χ1v) is 6.92. The van der Waals surface area contributed by atoms with E-state index in [1.165, 1.54) is 0 Å². The van der Waals surface area contributed by atoms with Gasteiger partial charge in [0.15, 0.2) is 0 Å². The first kappa shape index (κ1) is 11.8. The number of hydrogen-bond acceptors (Lipinski definition) is 4. The van der Waals surface area contributed by atoms with Gasteiger partial charge in [-0.05, 0) is 29.5 Å². The molecule has 2 unspecified atom stereocenters. The van der Waals surface area contributed by atoms with E-state index in [4.69, 9.17) is 0 Å². The molecule has 0 aliphatic carbocycles. The molecule has 14 heavy (non-hydrogen) atoms. The molecule has 4 nitrogen and oxygen atoms in total. The lowest BCUT2D eigenvalue weighted by Gasteiger charge is -2.11. The predicted octanol–water partition coefficient (Wildman–Crippen LogP) is 1.26. The van der Waals surface area contributed by atoms with Crippen LogP contribution in [0.25, 0.3) is 0 Å². The summed E-state index contributed by atoms with van der Waals surface area (Å²) in [6.45, 7) is 1.96. The van der Waals surface area contributed by atoms with Gasteiger partial charge in [-0.3, -0.25) is 4.21 Å². The number of nitrogens with zero attached hydrogens (tertiary/aromatic N) is 2. The van der Waals surface area contributed by atoms with Crippen molar-refractivity contribution in [3.8, 4) is 0 Å². The summed E-state index contributed by atoms with van der Waals surface area (Å²) < 4.78 is 11.9. The first-order chi connectivity index (χ1) is 6.58. The maximum absolute atomic E-state index is 10.9. The molecule has 0 saturated heterocycles. The summed E-state index contributed by atoms with van der Waals surface area (Å²) in [4.78, 5) is 8.19. The van der Waals surface area contributed by atoms with Crippen LogP contribution in [-0.2, 0) is 10.8 Å². The number of halogens is 1. The third kappa shape index (κ3) is 4.32. The molecule has 0 bridgehead atoms. The molecule has 0 spiro atoms. The van der Waals surface area contributed by atoms with Gasteiger partial charge in [0.25, 0.3) is 0 Å². The second-order valence-corrected chi connectivity index (χ2v) is 5.74. The minimum atomic E-state index is -0.793. The third-order valence-corrected chi connectivity index (χ3v) is 3.01. The topological polar surface area (TPSA) is 54.9 Å². The summed E-state index contributed by atoms with van der Waals surface area (Å²) in [7, 11) is -0.793. The number of aromatic nitrogens is 2. The highest BCUT2D eigenvalue weighted by molar-refractivity contribution is 14.1. The maximum Gasteiger partial charge on any atom is 0.222 e. The molecule has 0 aliphatic rings. The molecule has 1 aromatic rings. The minimum absolute atomic E-state index is 0.126. The van der Waals surface area contributed by atoms with Crippen molar-refractivity contribution in [2.45, 2.75) is 13.0 Å². The third-order valence-electron chi connectivity index (χ3n) is 1.48. The molecule has 0 aromatic carbocycles. The van der Waals surface area contributed by atoms with Crippen LogP contribution < -0.4 is 5.32 Å². The summed E-state index contributed by atoms with van der Waals surface area (Å²) in [5, 5.41) is 3.08. The molecule has 0 fully saturated rings. The van der Waals surface area contributed by atoms with Gasteiger partial charge in [0.2, 0.25) is 5.95 Å². The van der Waals surface area contributed by atoms with E-state index >= 15 is 0 Å². The smallest absolute Gasteiger partial charge is 0.222 e. The zero-order chi connectivity index (χ0) is 10.6. The number of nitrogens with one attached hydrogen (secondary N) is 1. The Morgan fingerprint density at radius 1 is 1.57 bits per heavy atom. The van der Waals surface area contributed by atoms with E-state index in [1.807, 2.05) is 6.92 Å². The lowest BCUT2D eigenvalue weighted by Crippen LogP contribution is -2.23. The second kappa shape index (κ2) is 5.59. The van der Waals surface area contributed by atoms with Gasteiger partial charge in [-0.15, -0.1) is 0 Å². The molecule has 6 heteroatoms. The average molecular weight is 325 g/mol. The molecule has 0 saturated carbocycles. The van der Waals surface area contributed by atoms with Crippen molar-refractivity contribution < 1.29 is 4.21 Å².